The van der Waals surface area contributed by atoms with Crippen molar-refractivity contribution in [3.63, 3.8) is 0 Å². The van der Waals surface area contributed by atoms with Gasteiger partial charge in [0.1, 0.15) is 17.2 Å². The lowest BCUT2D eigenvalue weighted by Crippen LogP contribution is -2.48. The number of carbonyl (C=O) groups is 4. The number of hydrazone groups is 1. The first-order chi connectivity index (χ1) is 27.9. The largest absolute Gasteiger partial charge is 0.507 e. The fourth-order valence-corrected chi connectivity index (χ4v) is 8.92. The number of amides is 1. The first-order valence-corrected chi connectivity index (χ1v) is 20.9. The Morgan fingerprint density at radius 2 is 1.44 bits per heavy atom. The maximum absolute atomic E-state index is 14.7. The quantitative estimate of drug-likeness (QED) is 0.267. The number of ketones is 3. The number of piperazine rings is 1. The molecule has 14 heteroatoms. The molecule has 1 saturated heterocycles. The van der Waals surface area contributed by atoms with Crippen molar-refractivity contribution in [1.82, 2.24) is 15.2 Å². The van der Waals surface area contributed by atoms with Crippen LogP contribution in [-0.4, -0.2) is 116 Å². The molecule has 4 aliphatic heterocycles. The van der Waals surface area contributed by atoms with Crippen molar-refractivity contribution in [3.05, 3.63) is 69.7 Å². The second kappa shape index (κ2) is 17.5. The van der Waals surface area contributed by atoms with Crippen molar-refractivity contribution < 1.29 is 49.1 Å². The maximum Gasteiger partial charge on any atom is 0.312 e. The molecule has 0 spiro atoms. The van der Waals surface area contributed by atoms with Crippen LogP contribution in [0.15, 0.2) is 52.5 Å². The predicted molar refractivity (Wildman–Crippen MR) is 221 cm³/mol. The number of rotatable bonds is 3. The number of fused-ring (bicyclic) bond motifs is 14. The Kier molecular flexibility index (Phi) is 13.1. The summed E-state index contributed by atoms with van der Waals surface area (Å²) >= 11 is 0. The second-order valence-corrected chi connectivity index (χ2v) is 17.3. The Labute approximate surface area is 346 Å². The third-order valence-electron chi connectivity index (χ3n) is 13.4. The lowest BCUT2D eigenvalue weighted by atomic mass is 9.77. The molecule has 59 heavy (non-hydrogen) atoms. The summed E-state index contributed by atoms with van der Waals surface area (Å²) in [5.74, 6) is -8.31. The molecule has 4 heterocycles. The van der Waals surface area contributed by atoms with Crippen molar-refractivity contribution >= 4 is 29.5 Å². The number of nitrogens with zero attached hydrogens (tertiary/aromatic N) is 3. The molecule has 9 atom stereocenters. The fourth-order valence-electron chi connectivity index (χ4n) is 8.92. The minimum atomic E-state index is -2.00. The zero-order chi connectivity index (χ0) is 43.1. The first-order valence-electron chi connectivity index (χ1n) is 20.9. The average molecular weight is 817 g/mol. The molecule has 0 radical (unpaired) electrons. The highest BCUT2D eigenvalue weighted by Crippen LogP contribution is 2.48. The Morgan fingerprint density at radius 3 is 2.10 bits per heavy atom. The van der Waals surface area contributed by atoms with Crippen molar-refractivity contribution in [1.29, 1.82) is 0 Å². The summed E-state index contributed by atoms with van der Waals surface area (Å²) in [6, 6.07) is 0.549. The number of carbonyl (C=O) groups excluding carboxylic acids is 4. The van der Waals surface area contributed by atoms with Gasteiger partial charge in [-0.15, -0.1) is 0 Å². The molecular weight excluding hydrogens is 757 g/mol. The molecule has 14 nitrogen and oxygen atoms in total. The van der Waals surface area contributed by atoms with E-state index in [0.717, 1.165) is 13.1 Å². The summed E-state index contributed by atoms with van der Waals surface area (Å²) in [5, 5.41) is 54.3. The number of nitrogens with one attached hydrogen (secondary N) is 1. The molecule has 5 bridgehead atoms. The van der Waals surface area contributed by atoms with E-state index in [0.29, 0.717) is 19.1 Å². The highest BCUT2D eigenvalue weighted by molar-refractivity contribution is 6.37. The van der Waals surface area contributed by atoms with Gasteiger partial charge in [0.25, 0.3) is 11.7 Å². The van der Waals surface area contributed by atoms with Crippen LogP contribution in [0.5, 0.6) is 11.5 Å². The summed E-state index contributed by atoms with van der Waals surface area (Å²) in [7, 11) is 0. The molecule has 1 saturated carbocycles. The molecule has 1 aromatic rings. The molecule has 320 valence electrons. The van der Waals surface area contributed by atoms with Gasteiger partial charge in [-0.2, -0.15) is 5.10 Å². The highest BCUT2D eigenvalue weighted by atomic mass is 16.7. The van der Waals surface area contributed by atoms with Gasteiger partial charge in [0.15, 0.2) is 5.78 Å². The highest BCUT2D eigenvalue weighted by Gasteiger charge is 2.52. The molecular formula is C45H60N4O10. The van der Waals surface area contributed by atoms with Crippen LogP contribution >= 0.6 is 0 Å². The third kappa shape index (κ3) is 8.41. The zero-order valence-electron chi connectivity index (χ0n) is 35.4. The van der Waals surface area contributed by atoms with Crippen LogP contribution in [0.25, 0.3) is 0 Å². The molecule has 2 fully saturated rings. The van der Waals surface area contributed by atoms with Crippen LogP contribution in [-0.2, 0) is 9.53 Å². The normalized spacial score (nSPS) is 35.1. The number of Topliss-reactive ketones (excluding diaryl/α,β-unsaturated/α-hetero) is 3. The molecule has 1 aromatic carbocycles. The van der Waals surface area contributed by atoms with E-state index in [1.54, 1.807) is 44.0 Å². The van der Waals surface area contributed by atoms with Crippen LogP contribution in [0.3, 0.4) is 0 Å². The molecule has 6 aliphatic rings. The lowest BCUT2D eigenvalue weighted by molar-refractivity contribution is -0.116. The summed E-state index contributed by atoms with van der Waals surface area (Å²) in [6.45, 7) is 15.9. The number of aliphatic hydroxyl groups is 3. The number of aromatic hydroxyl groups is 1. The minimum Gasteiger partial charge on any atom is -0.507 e. The van der Waals surface area contributed by atoms with E-state index in [1.165, 1.54) is 65.0 Å². The van der Waals surface area contributed by atoms with E-state index in [1.807, 2.05) is 13.8 Å². The topological polar surface area (TPSA) is 199 Å². The SMILES string of the molecule is C/C1=C/C=C/[C@H](C)[C@H](O)[C@@H](C)[C@@H](O)[C@@H](C)[C@H](O)[C@H](C)[C@@H](C)/C=C/O[C@@]2(C)Oc3c(C)c(O)c4c(c3C2=O)C(=O)C(/C=N\N2CCN(C3CCCC3)CC2)=C(NC1=O)C4=O. The summed E-state index contributed by atoms with van der Waals surface area (Å²) in [4.78, 5) is 59.8. The van der Waals surface area contributed by atoms with E-state index < -0.39 is 88.0 Å². The number of phenols is 1. The van der Waals surface area contributed by atoms with Gasteiger partial charge in [-0.1, -0.05) is 65.7 Å². The number of phenolic OH excluding ortho intramolecular Hbond substituents is 1. The zero-order valence-corrected chi connectivity index (χ0v) is 35.4. The number of benzene rings is 1. The summed E-state index contributed by atoms with van der Waals surface area (Å²) < 4.78 is 12.0. The summed E-state index contributed by atoms with van der Waals surface area (Å²) in [5.41, 5.74) is -1.53. The molecule has 1 amide bonds. The van der Waals surface area contributed by atoms with E-state index in [4.69, 9.17) is 9.47 Å². The molecule has 0 unspecified atom stereocenters. The van der Waals surface area contributed by atoms with Crippen LogP contribution < -0.4 is 10.1 Å². The van der Waals surface area contributed by atoms with Crippen LogP contribution in [0, 0.1) is 36.5 Å². The molecule has 2 aliphatic carbocycles. The molecule has 7 rings (SSSR count). The van der Waals surface area contributed by atoms with Crippen LogP contribution in [0.1, 0.15) is 111 Å². The van der Waals surface area contributed by atoms with Gasteiger partial charge in [0.05, 0.1) is 53.1 Å². The van der Waals surface area contributed by atoms with Gasteiger partial charge in [0.2, 0.25) is 5.78 Å². The van der Waals surface area contributed by atoms with E-state index in [9.17, 15) is 39.6 Å². The van der Waals surface area contributed by atoms with Crippen molar-refractivity contribution in [2.75, 3.05) is 26.2 Å². The first kappa shape index (κ1) is 43.9. The van der Waals surface area contributed by atoms with Gasteiger partial charge in [-0.05, 0) is 44.6 Å². The Hall–Kier alpha value is -4.63. The maximum atomic E-state index is 14.7. The van der Waals surface area contributed by atoms with Gasteiger partial charge >= 0.3 is 5.79 Å². The average Bonchev–Trinajstić information content (AvgIpc) is 3.85. The summed E-state index contributed by atoms with van der Waals surface area (Å²) in [6.07, 6.45) is 10.7. The molecule has 0 aromatic heterocycles. The number of ether oxygens (including phenoxy) is 2. The number of allylic oxidation sites excluding steroid dienone is 5. The van der Waals surface area contributed by atoms with Gasteiger partial charge in [-0.25, -0.2) is 0 Å². The van der Waals surface area contributed by atoms with Crippen LogP contribution in [0.4, 0.5) is 0 Å². The standard InChI is InChI=1S/C45H60N4O10/c1-23-16-21-58-45(8)43(56)34-32-33(39(53)29(7)42(34)59-45)41(55)35(31(40(32)54)22-46-49-19-17-48(18-20-49)30-14-9-10-15-30)47-44(57)25(3)13-11-12-24(2)36(50)27(5)38(52)28(6)37(51)26(23)4/h11-13,16,21-24,26-28,30,36-38,50-53H,9-10,14-15,17-20H2,1-8H3,(H,47,57)/b12-11+,21-16+,25-13-,46-22-/t23-,24-,26+,27+,28-,36-,37+,38+,45-/m0/s1. The fraction of sp³-hybridized carbons (Fsp3) is 0.578. The van der Waals surface area contributed by atoms with Gasteiger partial charge in [-0.3, -0.25) is 29.1 Å². The van der Waals surface area contributed by atoms with Gasteiger partial charge in [0, 0.05) is 68.0 Å². The lowest BCUT2D eigenvalue weighted by Gasteiger charge is -2.36. The van der Waals surface area contributed by atoms with Crippen molar-refractivity contribution in [2.24, 2.45) is 34.7 Å². The smallest absolute Gasteiger partial charge is 0.312 e. The number of aliphatic hydroxyl groups excluding tert-OH is 3. The van der Waals surface area contributed by atoms with Gasteiger partial charge < -0.3 is 35.2 Å². The predicted octanol–water partition coefficient (Wildman–Crippen LogP) is 4.60. The number of hydrogen-bond acceptors (Lipinski definition) is 13. The number of hydrogen-bond donors (Lipinski definition) is 5. The van der Waals surface area contributed by atoms with Crippen molar-refractivity contribution in [2.45, 2.75) is 111 Å². The Bertz CT molecular complexity index is 2010. The third-order valence-corrected chi connectivity index (χ3v) is 13.4. The molecule has 5 N–H and O–H groups in total. The van der Waals surface area contributed by atoms with Crippen LogP contribution in [0.2, 0.25) is 0 Å². The Morgan fingerprint density at radius 1 is 0.814 bits per heavy atom. The Balaban J connectivity index is 1.42. The second-order valence-electron chi connectivity index (χ2n) is 17.3. The monoisotopic (exact) mass is 816 g/mol. The van der Waals surface area contributed by atoms with Crippen molar-refractivity contribution in [3.8, 4) is 11.5 Å². The minimum absolute atomic E-state index is 0.0300. The van der Waals surface area contributed by atoms with E-state index in [2.05, 4.69) is 15.3 Å². The van der Waals surface area contributed by atoms with E-state index >= 15 is 0 Å². The van der Waals surface area contributed by atoms with E-state index in [-0.39, 0.29) is 39.5 Å².